The molecule has 1 N–H and O–H groups in total. The highest BCUT2D eigenvalue weighted by Gasteiger charge is 2.23. The summed E-state index contributed by atoms with van der Waals surface area (Å²) in [5, 5.41) is 13.0. The number of nitrogens with one attached hydrogen (secondary N) is 1. The Kier molecular flexibility index (Phi) is 8.43. The molecular formula is C25H31ClN4O2S. The standard InChI is InChI=1S/C25H31ClN4O2S/c1-15(2)20-9-7-8-10-22(20)32-18(6)24-28-29-25(30(24)16(3)4)33-14-23(31)27-21-12-11-19(26)13-17(21)5/h7-13,15-16,18H,14H2,1-6H3,(H,27,31). The van der Waals surface area contributed by atoms with E-state index in [1.54, 1.807) is 6.07 Å². The number of carbonyl (C=O) groups is 1. The van der Waals surface area contributed by atoms with Crippen LogP contribution in [0.1, 0.15) is 69.6 Å². The lowest BCUT2D eigenvalue weighted by molar-refractivity contribution is -0.113. The van der Waals surface area contributed by atoms with Crippen molar-refractivity contribution in [3.05, 3.63) is 64.4 Å². The minimum Gasteiger partial charge on any atom is -0.482 e. The molecule has 0 aliphatic rings. The first-order valence-electron chi connectivity index (χ1n) is 11.1. The lowest BCUT2D eigenvalue weighted by atomic mass is 10.0. The van der Waals surface area contributed by atoms with E-state index in [1.165, 1.54) is 11.8 Å². The van der Waals surface area contributed by atoms with E-state index in [0.717, 1.165) is 28.4 Å². The average molecular weight is 487 g/mol. The average Bonchev–Trinajstić information content (AvgIpc) is 3.19. The quantitative estimate of drug-likeness (QED) is 0.336. The number of ether oxygens (including phenoxy) is 1. The van der Waals surface area contributed by atoms with Crippen LogP contribution < -0.4 is 10.1 Å². The third-order valence-electron chi connectivity index (χ3n) is 5.21. The Morgan fingerprint density at radius 1 is 1.12 bits per heavy atom. The first-order chi connectivity index (χ1) is 15.7. The maximum atomic E-state index is 12.5. The summed E-state index contributed by atoms with van der Waals surface area (Å²) in [5.41, 5.74) is 2.83. The number of benzene rings is 2. The normalized spacial score (nSPS) is 12.3. The smallest absolute Gasteiger partial charge is 0.234 e. The fourth-order valence-electron chi connectivity index (χ4n) is 3.54. The molecule has 3 rings (SSSR count). The number of anilines is 1. The minimum atomic E-state index is -0.292. The topological polar surface area (TPSA) is 69.0 Å². The Hall–Kier alpha value is -2.51. The summed E-state index contributed by atoms with van der Waals surface area (Å²) in [6.45, 7) is 12.3. The van der Waals surface area contributed by atoms with Crippen molar-refractivity contribution in [3.63, 3.8) is 0 Å². The zero-order chi connectivity index (χ0) is 24.1. The van der Waals surface area contributed by atoms with Crippen molar-refractivity contribution in [2.45, 2.75) is 64.8 Å². The van der Waals surface area contributed by atoms with Gasteiger partial charge in [0.25, 0.3) is 0 Å². The van der Waals surface area contributed by atoms with Crippen LogP contribution in [-0.4, -0.2) is 26.4 Å². The van der Waals surface area contributed by atoms with E-state index >= 15 is 0 Å². The second-order valence-corrected chi connectivity index (χ2v) is 9.93. The summed E-state index contributed by atoms with van der Waals surface area (Å²) in [6.07, 6.45) is -0.292. The SMILES string of the molecule is Cc1cc(Cl)ccc1NC(=O)CSc1nnc(C(C)Oc2ccccc2C(C)C)n1C(C)C. The lowest BCUT2D eigenvalue weighted by Gasteiger charge is -2.21. The molecule has 1 atom stereocenters. The molecule has 33 heavy (non-hydrogen) atoms. The largest absolute Gasteiger partial charge is 0.482 e. The molecule has 0 aliphatic heterocycles. The van der Waals surface area contributed by atoms with E-state index in [0.29, 0.717) is 16.1 Å². The van der Waals surface area contributed by atoms with Gasteiger partial charge in [0.1, 0.15) is 5.75 Å². The van der Waals surface area contributed by atoms with Crippen molar-refractivity contribution in [2.24, 2.45) is 0 Å². The first kappa shape index (κ1) is 25.1. The van der Waals surface area contributed by atoms with Crippen molar-refractivity contribution >= 4 is 35.0 Å². The number of nitrogens with zero attached hydrogens (tertiary/aromatic N) is 3. The second-order valence-electron chi connectivity index (χ2n) is 8.55. The monoisotopic (exact) mass is 486 g/mol. The number of hydrogen-bond acceptors (Lipinski definition) is 5. The number of rotatable bonds is 9. The summed E-state index contributed by atoms with van der Waals surface area (Å²) < 4.78 is 8.34. The third-order valence-corrected chi connectivity index (χ3v) is 6.39. The number of amides is 1. The summed E-state index contributed by atoms with van der Waals surface area (Å²) in [5.74, 6) is 2.05. The molecule has 176 valence electrons. The molecule has 0 radical (unpaired) electrons. The highest BCUT2D eigenvalue weighted by atomic mass is 35.5. The summed E-state index contributed by atoms with van der Waals surface area (Å²) in [7, 11) is 0. The number of aromatic nitrogens is 3. The summed E-state index contributed by atoms with van der Waals surface area (Å²) in [4.78, 5) is 12.5. The fraction of sp³-hybridized carbons (Fsp3) is 0.400. The van der Waals surface area contributed by atoms with Crippen LogP contribution in [0.4, 0.5) is 5.69 Å². The van der Waals surface area contributed by atoms with E-state index < -0.39 is 0 Å². The van der Waals surface area contributed by atoms with Crippen LogP contribution in [0, 0.1) is 6.92 Å². The molecular weight excluding hydrogens is 456 g/mol. The molecule has 0 saturated carbocycles. The Morgan fingerprint density at radius 3 is 2.52 bits per heavy atom. The lowest BCUT2D eigenvalue weighted by Crippen LogP contribution is -2.17. The summed E-state index contributed by atoms with van der Waals surface area (Å²) >= 11 is 7.36. The van der Waals surface area contributed by atoms with Crippen molar-refractivity contribution in [2.75, 3.05) is 11.1 Å². The molecule has 1 aromatic heterocycles. The number of para-hydroxylation sites is 1. The van der Waals surface area contributed by atoms with E-state index in [-0.39, 0.29) is 23.8 Å². The number of hydrogen-bond donors (Lipinski definition) is 1. The van der Waals surface area contributed by atoms with Gasteiger partial charge >= 0.3 is 0 Å². The van der Waals surface area contributed by atoms with E-state index in [4.69, 9.17) is 16.3 Å². The zero-order valence-corrected chi connectivity index (χ0v) is 21.5. The molecule has 0 saturated heterocycles. The van der Waals surface area contributed by atoms with Gasteiger partial charge in [0.05, 0.1) is 5.75 Å². The van der Waals surface area contributed by atoms with Crippen LogP contribution >= 0.6 is 23.4 Å². The van der Waals surface area contributed by atoms with Crippen LogP contribution in [0.5, 0.6) is 5.75 Å². The van der Waals surface area contributed by atoms with Gasteiger partial charge in [-0.2, -0.15) is 0 Å². The fourth-order valence-corrected chi connectivity index (χ4v) is 4.64. The molecule has 1 unspecified atom stereocenters. The van der Waals surface area contributed by atoms with Crippen molar-refractivity contribution < 1.29 is 9.53 Å². The van der Waals surface area contributed by atoms with Crippen LogP contribution in [-0.2, 0) is 4.79 Å². The van der Waals surface area contributed by atoms with Crippen molar-refractivity contribution in [1.82, 2.24) is 14.8 Å². The molecule has 3 aromatic rings. The predicted molar refractivity (Wildman–Crippen MR) is 136 cm³/mol. The van der Waals surface area contributed by atoms with E-state index in [9.17, 15) is 4.79 Å². The van der Waals surface area contributed by atoms with Crippen LogP contribution in [0.25, 0.3) is 0 Å². The van der Waals surface area contributed by atoms with Gasteiger partial charge in [-0.15, -0.1) is 10.2 Å². The minimum absolute atomic E-state index is 0.111. The first-order valence-corrected chi connectivity index (χ1v) is 12.4. The van der Waals surface area contributed by atoms with Gasteiger partial charge in [0.15, 0.2) is 17.1 Å². The van der Waals surface area contributed by atoms with Gasteiger partial charge in [-0.05, 0) is 69.0 Å². The van der Waals surface area contributed by atoms with Crippen LogP contribution in [0.3, 0.4) is 0 Å². The highest BCUT2D eigenvalue weighted by molar-refractivity contribution is 7.99. The Bertz CT molecular complexity index is 1110. The van der Waals surface area contributed by atoms with E-state index in [1.807, 2.05) is 48.7 Å². The number of thioether (sulfide) groups is 1. The molecule has 0 fully saturated rings. The molecule has 0 bridgehead atoms. The maximum absolute atomic E-state index is 12.5. The number of halogens is 1. The van der Waals surface area contributed by atoms with Gasteiger partial charge < -0.3 is 14.6 Å². The predicted octanol–water partition coefficient (Wildman–Crippen LogP) is 6.82. The second kappa shape index (κ2) is 11.1. The zero-order valence-electron chi connectivity index (χ0n) is 19.9. The van der Waals surface area contributed by atoms with Gasteiger partial charge in [-0.25, -0.2) is 0 Å². The number of aryl methyl sites for hydroxylation is 1. The molecule has 1 amide bonds. The van der Waals surface area contributed by atoms with Crippen LogP contribution in [0.15, 0.2) is 47.6 Å². The molecule has 8 heteroatoms. The molecule has 0 aliphatic carbocycles. The molecule has 6 nitrogen and oxygen atoms in total. The van der Waals surface area contributed by atoms with E-state index in [2.05, 4.69) is 49.3 Å². The Labute approximate surface area is 205 Å². The molecule has 2 aromatic carbocycles. The molecule has 0 spiro atoms. The van der Waals surface area contributed by atoms with Crippen molar-refractivity contribution in [1.29, 1.82) is 0 Å². The van der Waals surface area contributed by atoms with Crippen LogP contribution in [0.2, 0.25) is 5.02 Å². The highest BCUT2D eigenvalue weighted by Crippen LogP contribution is 2.32. The maximum Gasteiger partial charge on any atom is 0.234 e. The van der Waals surface area contributed by atoms with Gasteiger partial charge in [0, 0.05) is 16.8 Å². The molecule has 1 heterocycles. The van der Waals surface area contributed by atoms with Gasteiger partial charge in [-0.1, -0.05) is 55.4 Å². The number of carbonyl (C=O) groups excluding carboxylic acids is 1. The third kappa shape index (κ3) is 6.30. The summed E-state index contributed by atoms with van der Waals surface area (Å²) in [6, 6.07) is 13.6. The van der Waals surface area contributed by atoms with Gasteiger partial charge in [-0.3, -0.25) is 4.79 Å². The van der Waals surface area contributed by atoms with Gasteiger partial charge in [0.2, 0.25) is 5.91 Å². The Balaban J connectivity index is 1.72. The van der Waals surface area contributed by atoms with Crippen molar-refractivity contribution in [3.8, 4) is 5.75 Å². The Morgan fingerprint density at radius 2 is 1.85 bits per heavy atom.